The molecule has 7 heteroatoms. The molecule has 2 aromatic rings. The maximum absolute atomic E-state index is 11.9. The molecule has 0 aliphatic heterocycles. The van der Waals surface area contributed by atoms with Crippen molar-refractivity contribution in [3.05, 3.63) is 42.1 Å². The van der Waals surface area contributed by atoms with E-state index in [0.29, 0.717) is 5.52 Å². The Bertz CT molecular complexity index is 616. The van der Waals surface area contributed by atoms with E-state index in [1.165, 1.54) is 0 Å². The molecule has 0 fully saturated rings. The van der Waals surface area contributed by atoms with Crippen molar-refractivity contribution in [2.75, 3.05) is 12.3 Å². The summed E-state index contributed by atoms with van der Waals surface area (Å²) in [5.74, 6) is -0.693. The maximum atomic E-state index is 11.9. The second-order valence-electron chi connectivity index (χ2n) is 3.94. The van der Waals surface area contributed by atoms with Gasteiger partial charge in [0, 0.05) is 17.7 Å². The van der Waals surface area contributed by atoms with E-state index in [1.54, 1.807) is 24.3 Å². The summed E-state index contributed by atoms with van der Waals surface area (Å²) in [5.41, 5.74) is -3.41. The van der Waals surface area contributed by atoms with Gasteiger partial charge in [0.2, 0.25) is 0 Å². The number of aromatic nitrogens is 1. The highest BCUT2D eigenvalue weighted by Gasteiger charge is 2.27. The summed E-state index contributed by atoms with van der Waals surface area (Å²) in [6.45, 7) is -0.0580. The molecule has 0 aliphatic rings. The monoisotopic (exact) mass is 300 g/mol. The predicted molar refractivity (Wildman–Crippen MR) is 72.6 cm³/mol. The Labute approximate surface area is 117 Å². The van der Waals surface area contributed by atoms with Crippen molar-refractivity contribution in [2.45, 2.75) is 5.51 Å². The minimum atomic E-state index is -4.27. The fourth-order valence-corrected chi connectivity index (χ4v) is 2.05. The number of carbonyl (C=O) groups excluding carboxylic acids is 1. The van der Waals surface area contributed by atoms with Gasteiger partial charge in [-0.05, 0) is 23.9 Å². The van der Waals surface area contributed by atoms with Crippen molar-refractivity contribution < 1.29 is 18.0 Å². The van der Waals surface area contributed by atoms with Gasteiger partial charge in [0.05, 0.1) is 5.52 Å². The van der Waals surface area contributed by atoms with Crippen LogP contribution in [-0.4, -0.2) is 28.7 Å². The van der Waals surface area contributed by atoms with Gasteiger partial charge in [-0.15, -0.1) is 0 Å². The molecule has 106 valence electrons. The average molecular weight is 300 g/mol. The molecule has 0 unspecified atom stereocenters. The molecule has 20 heavy (non-hydrogen) atoms. The third-order valence-electron chi connectivity index (χ3n) is 2.48. The number of nitrogens with zero attached hydrogens (tertiary/aromatic N) is 1. The summed E-state index contributed by atoms with van der Waals surface area (Å²) in [4.78, 5) is 15.9. The fourth-order valence-electron chi connectivity index (χ4n) is 1.61. The van der Waals surface area contributed by atoms with Gasteiger partial charge in [0.25, 0.3) is 5.91 Å². The summed E-state index contributed by atoms with van der Waals surface area (Å²) < 4.78 is 35.7. The Balaban J connectivity index is 1.94. The highest BCUT2D eigenvalue weighted by Crippen LogP contribution is 2.29. The second-order valence-corrected chi connectivity index (χ2v) is 5.10. The summed E-state index contributed by atoms with van der Waals surface area (Å²) >= 11 is -0.162. The van der Waals surface area contributed by atoms with E-state index >= 15 is 0 Å². The lowest BCUT2D eigenvalue weighted by atomic mass is 10.2. The van der Waals surface area contributed by atoms with E-state index in [9.17, 15) is 18.0 Å². The standard InChI is InChI=1S/C13H11F3N2OS/c14-13(15,16)20-8-7-17-12(19)11-6-5-9-3-1-2-4-10(9)18-11/h1-6H,7-8H2,(H,17,19). The topological polar surface area (TPSA) is 42.0 Å². The lowest BCUT2D eigenvalue weighted by molar-refractivity contribution is -0.0327. The van der Waals surface area contributed by atoms with Crippen LogP contribution in [0.3, 0.4) is 0 Å². The van der Waals surface area contributed by atoms with Crippen LogP contribution in [0.2, 0.25) is 0 Å². The first-order chi connectivity index (χ1) is 9.46. The minimum Gasteiger partial charge on any atom is -0.350 e. The van der Waals surface area contributed by atoms with Crippen LogP contribution in [-0.2, 0) is 0 Å². The lowest BCUT2D eigenvalue weighted by Gasteiger charge is -2.07. The third-order valence-corrected chi connectivity index (χ3v) is 3.22. The number of benzene rings is 1. The van der Waals surface area contributed by atoms with Crippen molar-refractivity contribution >= 4 is 28.6 Å². The minimum absolute atomic E-state index is 0.0580. The van der Waals surface area contributed by atoms with Gasteiger partial charge in [0.1, 0.15) is 5.69 Å². The Morgan fingerprint density at radius 3 is 2.70 bits per heavy atom. The summed E-state index contributed by atoms with van der Waals surface area (Å²) in [7, 11) is 0. The largest absolute Gasteiger partial charge is 0.441 e. The first kappa shape index (κ1) is 14.6. The van der Waals surface area contributed by atoms with Crippen molar-refractivity contribution in [2.24, 2.45) is 0 Å². The number of alkyl halides is 3. The molecule has 0 saturated carbocycles. The maximum Gasteiger partial charge on any atom is 0.441 e. The molecule has 1 heterocycles. The van der Waals surface area contributed by atoms with Gasteiger partial charge >= 0.3 is 5.51 Å². The van der Waals surface area contributed by atoms with Gasteiger partial charge in [-0.25, -0.2) is 4.98 Å². The predicted octanol–water partition coefficient (Wildman–Crippen LogP) is 3.22. The number of carbonyl (C=O) groups is 1. The van der Waals surface area contributed by atoms with Gasteiger partial charge in [-0.1, -0.05) is 24.3 Å². The molecule has 3 nitrogen and oxygen atoms in total. The molecule has 1 amide bonds. The van der Waals surface area contributed by atoms with Gasteiger partial charge in [-0.2, -0.15) is 13.2 Å². The van der Waals surface area contributed by atoms with Crippen LogP contribution in [0.1, 0.15) is 10.5 Å². The van der Waals surface area contributed by atoms with Crippen molar-refractivity contribution in [1.82, 2.24) is 10.3 Å². The van der Waals surface area contributed by atoms with Crippen LogP contribution in [0.4, 0.5) is 13.2 Å². The molecule has 1 aromatic carbocycles. The number of pyridine rings is 1. The summed E-state index contributed by atoms with van der Waals surface area (Å²) in [5, 5.41) is 3.31. The highest BCUT2D eigenvalue weighted by molar-refractivity contribution is 8.00. The quantitative estimate of drug-likeness (QED) is 0.882. The molecular formula is C13H11F3N2OS. The van der Waals surface area contributed by atoms with E-state index in [4.69, 9.17) is 0 Å². The number of rotatable bonds is 4. The van der Waals surface area contributed by atoms with Crippen LogP contribution in [0.5, 0.6) is 0 Å². The molecule has 1 aromatic heterocycles. The molecular weight excluding hydrogens is 289 g/mol. The van der Waals surface area contributed by atoms with E-state index in [1.807, 2.05) is 12.1 Å². The number of hydrogen-bond acceptors (Lipinski definition) is 3. The molecule has 0 spiro atoms. The average Bonchev–Trinajstić information content (AvgIpc) is 2.42. The van der Waals surface area contributed by atoms with Crippen LogP contribution in [0.25, 0.3) is 10.9 Å². The fraction of sp³-hybridized carbons (Fsp3) is 0.231. The molecule has 1 N–H and O–H groups in total. The first-order valence-electron chi connectivity index (χ1n) is 5.80. The Morgan fingerprint density at radius 1 is 1.20 bits per heavy atom. The molecule has 0 saturated heterocycles. The number of para-hydroxylation sites is 1. The number of hydrogen-bond donors (Lipinski definition) is 1. The van der Waals surface area contributed by atoms with Crippen molar-refractivity contribution in [3.8, 4) is 0 Å². The zero-order valence-electron chi connectivity index (χ0n) is 10.3. The Morgan fingerprint density at radius 2 is 1.95 bits per heavy atom. The number of fused-ring (bicyclic) bond motifs is 1. The van der Waals surface area contributed by atoms with E-state index in [0.717, 1.165) is 5.39 Å². The molecule has 0 radical (unpaired) electrons. The second kappa shape index (κ2) is 6.13. The van der Waals surface area contributed by atoms with Crippen LogP contribution in [0.15, 0.2) is 36.4 Å². The number of amides is 1. The number of thioether (sulfide) groups is 1. The van der Waals surface area contributed by atoms with Gasteiger partial charge < -0.3 is 5.32 Å². The summed E-state index contributed by atoms with van der Waals surface area (Å²) in [6.07, 6.45) is 0. The Kier molecular flexibility index (Phi) is 4.49. The van der Waals surface area contributed by atoms with Gasteiger partial charge in [-0.3, -0.25) is 4.79 Å². The smallest absolute Gasteiger partial charge is 0.350 e. The van der Waals surface area contributed by atoms with Crippen LogP contribution < -0.4 is 5.32 Å². The number of halogens is 3. The highest BCUT2D eigenvalue weighted by atomic mass is 32.2. The zero-order chi connectivity index (χ0) is 14.6. The van der Waals surface area contributed by atoms with Gasteiger partial charge in [0.15, 0.2) is 0 Å². The van der Waals surface area contributed by atoms with Crippen molar-refractivity contribution in [1.29, 1.82) is 0 Å². The number of nitrogens with one attached hydrogen (secondary N) is 1. The van der Waals surface area contributed by atoms with E-state index < -0.39 is 11.4 Å². The van der Waals surface area contributed by atoms with Crippen molar-refractivity contribution in [3.63, 3.8) is 0 Å². The summed E-state index contributed by atoms with van der Waals surface area (Å²) in [6, 6.07) is 10.6. The molecule has 2 rings (SSSR count). The lowest BCUT2D eigenvalue weighted by Crippen LogP contribution is -2.27. The van der Waals surface area contributed by atoms with E-state index in [-0.39, 0.29) is 29.8 Å². The Hall–Kier alpha value is -1.76. The zero-order valence-corrected chi connectivity index (χ0v) is 11.1. The molecule has 0 atom stereocenters. The third kappa shape index (κ3) is 4.12. The molecule has 0 bridgehead atoms. The van der Waals surface area contributed by atoms with Crippen LogP contribution >= 0.6 is 11.8 Å². The first-order valence-corrected chi connectivity index (χ1v) is 6.79. The van der Waals surface area contributed by atoms with Crippen LogP contribution in [0, 0.1) is 0 Å². The van der Waals surface area contributed by atoms with E-state index in [2.05, 4.69) is 10.3 Å². The normalized spacial score (nSPS) is 11.6. The molecule has 0 aliphatic carbocycles. The SMILES string of the molecule is O=C(NCCSC(F)(F)F)c1ccc2ccccc2n1.